The minimum atomic E-state index is -0.0948. The van der Waals surface area contributed by atoms with Gasteiger partial charge in [-0.25, -0.2) is 0 Å². The van der Waals surface area contributed by atoms with Gasteiger partial charge in [0.2, 0.25) is 5.89 Å². The van der Waals surface area contributed by atoms with Crippen molar-refractivity contribution in [3.8, 4) is 0 Å². The van der Waals surface area contributed by atoms with Gasteiger partial charge < -0.3 is 10.3 Å². The molecule has 1 aromatic heterocycles. The lowest BCUT2D eigenvalue weighted by Crippen LogP contribution is -2.10. The lowest BCUT2D eigenvalue weighted by atomic mass is 10.2. The van der Waals surface area contributed by atoms with Crippen molar-refractivity contribution in [1.82, 2.24) is 10.1 Å². The summed E-state index contributed by atoms with van der Waals surface area (Å²) >= 11 is 1.91. The molecule has 4 nitrogen and oxygen atoms in total. The molecule has 0 saturated carbocycles. The molecule has 84 valence electrons. The topological polar surface area (TPSA) is 64.9 Å². The summed E-state index contributed by atoms with van der Waals surface area (Å²) in [6.45, 7) is 2.10. The van der Waals surface area contributed by atoms with Crippen LogP contribution >= 0.6 is 11.8 Å². The Bertz CT molecular complexity index is 309. The van der Waals surface area contributed by atoms with Crippen LogP contribution in [0.1, 0.15) is 55.6 Å². The second kappa shape index (κ2) is 4.99. The lowest BCUT2D eigenvalue weighted by molar-refractivity contribution is 0.344. The van der Waals surface area contributed by atoms with Crippen molar-refractivity contribution >= 4 is 11.8 Å². The van der Waals surface area contributed by atoms with Crippen LogP contribution in [-0.2, 0) is 0 Å². The van der Waals surface area contributed by atoms with E-state index in [9.17, 15) is 0 Å². The van der Waals surface area contributed by atoms with Crippen molar-refractivity contribution in [2.24, 2.45) is 5.73 Å². The molecule has 5 heteroatoms. The summed E-state index contributed by atoms with van der Waals surface area (Å²) in [6, 6.07) is -0.0948. The normalized spacial score (nSPS) is 23.2. The van der Waals surface area contributed by atoms with E-state index in [1.165, 1.54) is 12.2 Å². The predicted octanol–water partition coefficient (Wildman–Crippen LogP) is 2.44. The third-order valence-corrected chi connectivity index (χ3v) is 3.97. The summed E-state index contributed by atoms with van der Waals surface area (Å²) in [5.41, 5.74) is 5.91. The van der Waals surface area contributed by atoms with Gasteiger partial charge >= 0.3 is 0 Å². The molecule has 1 aliphatic heterocycles. The lowest BCUT2D eigenvalue weighted by Gasteiger charge is -2.03. The van der Waals surface area contributed by atoms with Gasteiger partial charge in [-0.15, -0.1) is 0 Å². The first-order valence-corrected chi connectivity index (χ1v) is 6.56. The molecule has 2 rings (SSSR count). The van der Waals surface area contributed by atoms with Crippen LogP contribution < -0.4 is 5.73 Å². The molecule has 2 N–H and O–H groups in total. The molecule has 1 saturated heterocycles. The van der Waals surface area contributed by atoms with E-state index in [-0.39, 0.29) is 6.04 Å². The van der Waals surface area contributed by atoms with Crippen LogP contribution in [0.3, 0.4) is 0 Å². The Morgan fingerprint density at radius 1 is 1.67 bits per heavy atom. The molecule has 0 aliphatic carbocycles. The Morgan fingerprint density at radius 2 is 2.53 bits per heavy atom. The maximum Gasteiger partial charge on any atom is 0.243 e. The second-order valence-corrected chi connectivity index (χ2v) is 5.20. The number of hydrogen-bond donors (Lipinski definition) is 1. The first kappa shape index (κ1) is 11.0. The summed E-state index contributed by atoms with van der Waals surface area (Å²) in [6.07, 6.45) is 4.35. The minimum Gasteiger partial charge on any atom is -0.338 e. The molecule has 2 unspecified atom stereocenters. The second-order valence-electron chi connectivity index (χ2n) is 3.89. The molecule has 0 amide bonds. The SMILES string of the molecule is CCCC(N)c1nc(C2CCCS2)no1. The zero-order valence-electron chi connectivity index (χ0n) is 8.98. The molecule has 1 aliphatic rings. The van der Waals surface area contributed by atoms with Crippen LogP contribution in [0.2, 0.25) is 0 Å². The van der Waals surface area contributed by atoms with Gasteiger partial charge in [-0.2, -0.15) is 16.7 Å². The van der Waals surface area contributed by atoms with E-state index in [0.717, 1.165) is 25.1 Å². The first-order chi connectivity index (χ1) is 7.31. The number of nitrogens with zero attached hydrogens (tertiary/aromatic N) is 2. The van der Waals surface area contributed by atoms with Crippen LogP contribution in [0.25, 0.3) is 0 Å². The van der Waals surface area contributed by atoms with Crippen molar-refractivity contribution in [1.29, 1.82) is 0 Å². The summed E-state index contributed by atoms with van der Waals surface area (Å²) in [5.74, 6) is 2.63. The zero-order chi connectivity index (χ0) is 10.7. The van der Waals surface area contributed by atoms with Crippen molar-refractivity contribution in [3.63, 3.8) is 0 Å². The van der Waals surface area contributed by atoms with Crippen LogP contribution in [0, 0.1) is 0 Å². The Hall–Kier alpha value is -0.550. The zero-order valence-corrected chi connectivity index (χ0v) is 9.80. The highest BCUT2D eigenvalue weighted by Crippen LogP contribution is 2.38. The average Bonchev–Trinajstić information content (AvgIpc) is 2.89. The maximum atomic E-state index is 5.91. The number of thioether (sulfide) groups is 1. The van der Waals surface area contributed by atoms with Gasteiger partial charge in [0.15, 0.2) is 5.82 Å². The molecule has 0 aromatic carbocycles. The van der Waals surface area contributed by atoms with Gasteiger partial charge in [0, 0.05) is 0 Å². The molecule has 0 radical (unpaired) electrons. The van der Waals surface area contributed by atoms with E-state index >= 15 is 0 Å². The third kappa shape index (κ3) is 2.52. The van der Waals surface area contributed by atoms with E-state index in [4.69, 9.17) is 10.3 Å². The van der Waals surface area contributed by atoms with Gasteiger partial charge in [-0.1, -0.05) is 18.5 Å². The van der Waals surface area contributed by atoms with Crippen molar-refractivity contribution < 1.29 is 4.52 Å². The number of hydrogen-bond acceptors (Lipinski definition) is 5. The molecular weight excluding hydrogens is 210 g/mol. The van der Waals surface area contributed by atoms with E-state index in [1.54, 1.807) is 0 Å². The molecule has 15 heavy (non-hydrogen) atoms. The molecule has 0 bridgehead atoms. The summed E-state index contributed by atoms with van der Waals surface area (Å²) in [4.78, 5) is 4.39. The highest BCUT2D eigenvalue weighted by Gasteiger charge is 2.24. The number of rotatable bonds is 4. The van der Waals surface area contributed by atoms with E-state index in [0.29, 0.717) is 11.1 Å². The Kier molecular flexibility index (Phi) is 3.64. The van der Waals surface area contributed by atoms with Gasteiger partial charge in [-0.3, -0.25) is 0 Å². The predicted molar refractivity (Wildman–Crippen MR) is 60.6 cm³/mol. The smallest absolute Gasteiger partial charge is 0.243 e. The first-order valence-electron chi connectivity index (χ1n) is 5.52. The molecule has 0 spiro atoms. The van der Waals surface area contributed by atoms with E-state index < -0.39 is 0 Å². The molecule has 2 atom stereocenters. The van der Waals surface area contributed by atoms with Crippen LogP contribution in [-0.4, -0.2) is 15.9 Å². The van der Waals surface area contributed by atoms with Crippen molar-refractivity contribution in [3.05, 3.63) is 11.7 Å². The van der Waals surface area contributed by atoms with Gasteiger partial charge in [0.1, 0.15) is 0 Å². The highest BCUT2D eigenvalue weighted by atomic mass is 32.2. The Labute approximate surface area is 94.0 Å². The number of aromatic nitrogens is 2. The van der Waals surface area contributed by atoms with E-state index in [2.05, 4.69) is 17.1 Å². The monoisotopic (exact) mass is 227 g/mol. The van der Waals surface area contributed by atoms with E-state index in [1.807, 2.05) is 11.8 Å². The summed E-state index contributed by atoms with van der Waals surface area (Å²) < 4.78 is 5.19. The fraction of sp³-hybridized carbons (Fsp3) is 0.800. The standard InChI is InChI=1S/C10H17N3OS/c1-2-4-7(11)10-12-9(13-14-10)8-5-3-6-15-8/h7-8H,2-6,11H2,1H3. The van der Waals surface area contributed by atoms with Crippen LogP contribution in [0.5, 0.6) is 0 Å². The molecule has 1 aromatic rings. The molecule has 1 fully saturated rings. The Balaban J connectivity index is 2.02. The van der Waals surface area contributed by atoms with Crippen LogP contribution in [0.15, 0.2) is 4.52 Å². The molecule has 2 heterocycles. The largest absolute Gasteiger partial charge is 0.338 e. The van der Waals surface area contributed by atoms with Crippen molar-refractivity contribution in [2.75, 3.05) is 5.75 Å². The highest BCUT2D eigenvalue weighted by molar-refractivity contribution is 7.99. The van der Waals surface area contributed by atoms with Gasteiger partial charge in [0.25, 0.3) is 0 Å². The fourth-order valence-electron chi connectivity index (χ4n) is 1.74. The van der Waals surface area contributed by atoms with Gasteiger partial charge in [-0.05, 0) is 25.0 Å². The van der Waals surface area contributed by atoms with Crippen molar-refractivity contribution in [2.45, 2.75) is 43.9 Å². The van der Waals surface area contributed by atoms with Crippen LogP contribution in [0.4, 0.5) is 0 Å². The molecular formula is C10H17N3OS. The number of nitrogens with two attached hydrogens (primary N) is 1. The minimum absolute atomic E-state index is 0.0948. The average molecular weight is 227 g/mol. The third-order valence-electron chi connectivity index (χ3n) is 2.59. The quantitative estimate of drug-likeness (QED) is 0.855. The fourth-order valence-corrected chi connectivity index (χ4v) is 2.94. The maximum absolute atomic E-state index is 5.91. The summed E-state index contributed by atoms with van der Waals surface area (Å²) in [7, 11) is 0. The summed E-state index contributed by atoms with van der Waals surface area (Å²) in [5, 5.41) is 4.44. The Morgan fingerprint density at radius 3 is 3.20 bits per heavy atom. The van der Waals surface area contributed by atoms with Gasteiger partial charge in [0.05, 0.1) is 11.3 Å².